The number of esters is 1. The molecule has 0 N–H and O–H groups in total. The van der Waals surface area contributed by atoms with Gasteiger partial charge in [0, 0.05) is 0 Å². The van der Waals surface area contributed by atoms with Crippen molar-refractivity contribution in [2.24, 2.45) is 0 Å². The summed E-state index contributed by atoms with van der Waals surface area (Å²) in [5, 5.41) is 0.564. The fourth-order valence-corrected chi connectivity index (χ4v) is 2.57. The average Bonchev–Trinajstić information content (AvgIpc) is 2.60. The van der Waals surface area contributed by atoms with Crippen LogP contribution in [0.25, 0.3) is 16.6 Å². The van der Waals surface area contributed by atoms with E-state index in [0.29, 0.717) is 34.6 Å². The molecule has 0 radical (unpaired) electrons. The molecule has 5 nitrogen and oxygen atoms in total. The van der Waals surface area contributed by atoms with E-state index in [-0.39, 0.29) is 11.5 Å². The third-order valence-corrected chi connectivity index (χ3v) is 3.74. The second-order valence-electron chi connectivity index (χ2n) is 5.50. The van der Waals surface area contributed by atoms with Crippen LogP contribution in [0.15, 0.2) is 53.3 Å². The van der Waals surface area contributed by atoms with Crippen molar-refractivity contribution in [3.05, 3.63) is 70.3 Å². The molecule has 3 rings (SSSR count). The van der Waals surface area contributed by atoms with Crippen molar-refractivity contribution in [2.75, 3.05) is 6.61 Å². The molecule has 122 valence electrons. The predicted octanol–water partition coefficient (Wildman–Crippen LogP) is 3.26. The molecule has 0 amide bonds. The first kappa shape index (κ1) is 15.9. The van der Waals surface area contributed by atoms with Gasteiger partial charge in [-0.15, -0.1) is 0 Å². The van der Waals surface area contributed by atoms with Crippen molar-refractivity contribution in [1.29, 1.82) is 0 Å². The Morgan fingerprint density at radius 3 is 2.54 bits per heavy atom. The Morgan fingerprint density at radius 1 is 1.12 bits per heavy atom. The van der Waals surface area contributed by atoms with Crippen LogP contribution in [0, 0.1) is 6.92 Å². The second kappa shape index (κ2) is 6.66. The maximum atomic E-state index is 12.7. The van der Waals surface area contributed by atoms with E-state index >= 15 is 0 Å². The minimum atomic E-state index is -0.357. The van der Waals surface area contributed by atoms with Crippen LogP contribution < -0.4 is 5.56 Å². The zero-order valence-corrected chi connectivity index (χ0v) is 13.7. The number of carbonyl (C=O) groups is 1. The number of ether oxygens (including phenoxy) is 1. The van der Waals surface area contributed by atoms with Crippen molar-refractivity contribution in [2.45, 2.75) is 20.3 Å². The highest BCUT2D eigenvalue weighted by molar-refractivity contribution is 5.89. The van der Waals surface area contributed by atoms with Gasteiger partial charge in [0.05, 0.1) is 28.8 Å². The van der Waals surface area contributed by atoms with Crippen molar-refractivity contribution in [3.63, 3.8) is 0 Å². The molecule has 0 bridgehead atoms. The molecule has 5 heteroatoms. The molecule has 0 aliphatic carbocycles. The van der Waals surface area contributed by atoms with Gasteiger partial charge in [-0.3, -0.25) is 9.36 Å². The van der Waals surface area contributed by atoms with E-state index < -0.39 is 0 Å². The van der Waals surface area contributed by atoms with Crippen molar-refractivity contribution < 1.29 is 9.53 Å². The van der Waals surface area contributed by atoms with Gasteiger partial charge >= 0.3 is 5.97 Å². The largest absolute Gasteiger partial charge is 0.462 e. The fourth-order valence-electron chi connectivity index (χ4n) is 2.57. The van der Waals surface area contributed by atoms with Crippen LogP contribution in [0.1, 0.15) is 29.5 Å². The van der Waals surface area contributed by atoms with Gasteiger partial charge in [-0.1, -0.05) is 19.1 Å². The van der Waals surface area contributed by atoms with Gasteiger partial charge in [-0.2, -0.15) is 0 Å². The summed E-state index contributed by atoms with van der Waals surface area (Å²) in [5.41, 5.74) is 1.69. The average molecular weight is 322 g/mol. The maximum Gasteiger partial charge on any atom is 0.338 e. The second-order valence-corrected chi connectivity index (χ2v) is 5.50. The highest BCUT2D eigenvalue weighted by atomic mass is 16.5. The molecule has 0 spiro atoms. The number of aryl methyl sites for hydroxylation is 1. The number of para-hydroxylation sites is 1. The van der Waals surface area contributed by atoms with E-state index in [0.717, 1.165) is 6.42 Å². The zero-order chi connectivity index (χ0) is 17.1. The summed E-state index contributed by atoms with van der Waals surface area (Å²) in [4.78, 5) is 29.1. The number of aromatic nitrogens is 2. The predicted molar refractivity (Wildman–Crippen MR) is 92.7 cm³/mol. The van der Waals surface area contributed by atoms with E-state index in [1.807, 2.05) is 25.1 Å². The normalized spacial score (nSPS) is 10.8. The van der Waals surface area contributed by atoms with Crippen LogP contribution in [0.5, 0.6) is 0 Å². The topological polar surface area (TPSA) is 61.2 Å². The fraction of sp³-hybridized carbons (Fsp3) is 0.211. The number of fused-ring (bicyclic) bond motifs is 1. The Morgan fingerprint density at radius 2 is 1.83 bits per heavy atom. The van der Waals surface area contributed by atoms with E-state index in [2.05, 4.69) is 4.98 Å². The quantitative estimate of drug-likeness (QED) is 0.692. The monoisotopic (exact) mass is 322 g/mol. The van der Waals surface area contributed by atoms with E-state index in [1.165, 1.54) is 0 Å². The number of hydrogen-bond acceptors (Lipinski definition) is 4. The van der Waals surface area contributed by atoms with Gasteiger partial charge in [0.15, 0.2) is 0 Å². The highest BCUT2D eigenvalue weighted by Gasteiger charge is 2.11. The van der Waals surface area contributed by atoms with Crippen molar-refractivity contribution >= 4 is 16.9 Å². The van der Waals surface area contributed by atoms with Gasteiger partial charge in [-0.25, -0.2) is 9.78 Å². The molecular weight excluding hydrogens is 304 g/mol. The van der Waals surface area contributed by atoms with E-state index in [9.17, 15) is 9.59 Å². The molecule has 0 unspecified atom stereocenters. The number of hydrogen-bond donors (Lipinski definition) is 0. The molecule has 0 aliphatic heterocycles. The lowest BCUT2D eigenvalue weighted by atomic mass is 10.2. The van der Waals surface area contributed by atoms with Crippen LogP contribution in [-0.2, 0) is 4.74 Å². The van der Waals surface area contributed by atoms with Gasteiger partial charge in [0.25, 0.3) is 5.56 Å². The summed E-state index contributed by atoms with van der Waals surface area (Å²) in [7, 11) is 0. The molecule has 24 heavy (non-hydrogen) atoms. The molecular formula is C19H18N2O3. The molecule has 1 aromatic heterocycles. The maximum absolute atomic E-state index is 12.7. The van der Waals surface area contributed by atoms with E-state index in [1.54, 1.807) is 41.8 Å². The van der Waals surface area contributed by atoms with Crippen molar-refractivity contribution in [3.8, 4) is 5.69 Å². The minimum absolute atomic E-state index is 0.126. The number of carbonyl (C=O) groups excluding carboxylic acids is 1. The van der Waals surface area contributed by atoms with Crippen LogP contribution in [0.3, 0.4) is 0 Å². The molecule has 0 atom stereocenters. The standard InChI is InChI=1S/C19H18N2O3/c1-3-12-24-19(23)14-8-10-15(11-9-14)21-13(2)20-17-7-5-4-6-16(17)18(21)22/h4-11H,3,12H2,1-2H3. The Kier molecular flexibility index (Phi) is 4.42. The molecule has 0 saturated carbocycles. The summed E-state index contributed by atoms with van der Waals surface area (Å²) in [5.74, 6) is 0.240. The summed E-state index contributed by atoms with van der Waals surface area (Å²) >= 11 is 0. The first-order valence-electron chi connectivity index (χ1n) is 7.87. The van der Waals surface area contributed by atoms with Gasteiger partial charge in [0.1, 0.15) is 5.82 Å². The molecule has 0 aliphatic rings. The van der Waals surface area contributed by atoms with Crippen LogP contribution >= 0.6 is 0 Å². The number of nitrogens with zero attached hydrogens (tertiary/aromatic N) is 2. The Balaban J connectivity index is 2.02. The minimum Gasteiger partial charge on any atom is -0.462 e. The molecule has 1 heterocycles. The van der Waals surface area contributed by atoms with Crippen LogP contribution in [0.2, 0.25) is 0 Å². The van der Waals surface area contributed by atoms with Crippen LogP contribution in [-0.4, -0.2) is 22.1 Å². The van der Waals surface area contributed by atoms with Gasteiger partial charge < -0.3 is 4.74 Å². The molecule has 0 fully saturated rings. The Bertz CT molecular complexity index is 943. The first-order valence-corrected chi connectivity index (χ1v) is 7.87. The van der Waals surface area contributed by atoms with Gasteiger partial charge in [-0.05, 0) is 49.7 Å². The Hall–Kier alpha value is -2.95. The number of benzene rings is 2. The SMILES string of the molecule is CCCOC(=O)c1ccc(-n2c(C)nc3ccccc3c2=O)cc1. The lowest BCUT2D eigenvalue weighted by Crippen LogP contribution is -2.22. The third kappa shape index (κ3) is 2.93. The summed E-state index contributed by atoms with van der Waals surface area (Å²) in [6, 6.07) is 14.0. The lowest BCUT2D eigenvalue weighted by Gasteiger charge is -2.11. The molecule has 3 aromatic rings. The molecule has 0 saturated heterocycles. The first-order chi connectivity index (χ1) is 11.6. The smallest absolute Gasteiger partial charge is 0.338 e. The summed E-state index contributed by atoms with van der Waals surface area (Å²) in [6.45, 7) is 4.13. The summed E-state index contributed by atoms with van der Waals surface area (Å²) < 4.78 is 6.65. The van der Waals surface area contributed by atoms with Crippen LogP contribution in [0.4, 0.5) is 0 Å². The lowest BCUT2D eigenvalue weighted by molar-refractivity contribution is 0.0505. The molecule has 2 aromatic carbocycles. The van der Waals surface area contributed by atoms with E-state index in [4.69, 9.17) is 4.74 Å². The van der Waals surface area contributed by atoms with Gasteiger partial charge in [0.2, 0.25) is 0 Å². The third-order valence-electron chi connectivity index (χ3n) is 3.74. The number of rotatable bonds is 4. The summed E-state index contributed by atoms with van der Waals surface area (Å²) in [6.07, 6.45) is 0.779. The Labute approximate surface area is 139 Å². The highest BCUT2D eigenvalue weighted by Crippen LogP contribution is 2.14. The zero-order valence-electron chi connectivity index (χ0n) is 13.7. The van der Waals surface area contributed by atoms with Crippen molar-refractivity contribution in [1.82, 2.24) is 9.55 Å².